The van der Waals surface area contributed by atoms with E-state index in [-0.39, 0.29) is 31.1 Å². The van der Waals surface area contributed by atoms with E-state index in [1.165, 1.54) is 0 Å². The van der Waals surface area contributed by atoms with Crippen LogP contribution in [0.3, 0.4) is 0 Å². The first kappa shape index (κ1) is 31.4. The summed E-state index contributed by atoms with van der Waals surface area (Å²) in [5.41, 5.74) is 0. The molecular weight excluding hydrogens is 420 g/mol. The fourth-order valence-corrected chi connectivity index (χ4v) is 3.34. The van der Waals surface area contributed by atoms with Crippen LogP contribution < -0.4 is 0 Å². The van der Waals surface area contributed by atoms with Gasteiger partial charge in [-0.25, -0.2) is 0 Å². The SMILES string of the molecule is CC(C)CCCCC(=O)OCC(COC(=O)CCCCC(C)C)OC(=O)CCCCC(C)C. The number of ether oxygens (including phenoxy) is 3. The predicted octanol–water partition coefficient (Wildman–Crippen LogP) is 6.63. The molecule has 0 aliphatic rings. The molecule has 0 amide bonds. The lowest BCUT2D eigenvalue weighted by atomic mass is 10.1. The largest absolute Gasteiger partial charge is 0.462 e. The van der Waals surface area contributed by atoms with Crippen molar-refractivity contribution in [3.05, 3.63) is 0 Å². The van der Waals surface area contributed by atoms with Gasteiger partial charge in [-0.05, 0) is 37.0 Å². The monoisotopic (exact) mass is 470 g/mol. The van der Waals surface area contributed by atoms with Crippen LogP contribution in [-0.2, 0) is 28.6 Å². The summed E-state index contributed by atoms with van der Waals surface area (Å²) >= 11 is 0. The summed E-state index contributed by atoms with van der Waals surface area (Å²) < 4.78 is 16.1. The molecule has 0 spiro atoms. The van der Waals surface area contributed by atoms with Gasteiger partial charge in [-0.3, -0.25) is 14.4 Å². The Bertz CT molecular complexity index is 495. The van der Waals surface area contributed by atoms with E-state index >= 15 is 0 Å². The van der Waals surface area contributed by atoms with Crippen molar-refractivity contribution in [2.24, 2.45) is 17.8 Å². The summed E-state index contributed by atoms with van der Waals surface area (Å²) in [5, 5.41) is 0. The Morgan fingerprint density at radius 1 is 0.515 bits per heavy atom. The summed E-state index contributed by atoms with van der Waals surface area (Å²) in [7, 11) is 0. The zero-order chi connectivity index (χ0) is 25.1. The molecule has 0 aromatic carbocycles. The van der Waals surface area contributed by atoms with E-state index in [9.17, 15) is 14.4 Å². The van der Waals surface area contributed by atoms with Gasteiger partial charge in [-0.2, -0.15) is 0 Å². The van der Waals surface area contributed by atoms with Crippen molar-refractivity contribution in [1.29, 1.82) is 0 Å². The maximum atomic E-state index is 12.2. The third-order valence-electron chi connectivity index (χ3n) is 5.40. The van der Waals surface area contributed by atoms with Gasteiger partial charge < -0.3 is 14.2 Å². The average Bonchev–Trinajstić information content (AvgIpc) is 2.73. The molecule has 0 aliphatic carbocycles. The quantitative estimate of drug-likeness (QED) is 0.113. The Balaban J connectivity index is 4.45. The lowest BCUT2D eigenvalue weighted by Gasteiger charge is -2.18. The standard InChI is InChI=1S/C27H50O6/c1-21(2)13-7-10-16-25(28)31-19-24(33-27(30)18-12-9-15-23(5)6)20-32-26(29)17-11-8-14-22(3)4/h21-24H,7-20H2,1-6H3. The summed E-state index contributed by atoms with van der Waals surface area (Å²) in [6.07, 6.45) is 8.72. The molecule has 0 rings (SSSR count). The van der Waals surface area contributed by atoms with E-state index in [1.807, 2.05) is 0 Å². The van der Waals surface area contributed by atoms with Crippen LogP contribution >= 0.6 is 0 Å². The second-order valence-electron chi connectivity index (χ2n) is 10.4. The maximum absolute atomic E-state index is 12.2. The molecule has 0 bridgehead atoms. The highest BCUT2D eigenvalue weighted by Gasteiger charge is 2.19. The van der Waals surface area contributed by atoms with E-state index in [4.69, 9.17) is 14.2 Å². The third kappa shape index (κ3) is 22.0. The summed E-state index contributed by atoms with van der Waals surface area (Å²) in [5.74, 6) is 0.878. The number of unbranched alkanes of at least 4 members (excludes halogenated alkanes) is 3. The molecule has 194 valence electrons. The van der Waals surface area contributed by atoms with Crippen LogP contribution in [-0.4, -0.2) is 37.2 Å². The Morgan fingerprint density at radius 2 is 0.848 bits per heavy atom. The van der Waals surface area contributed by atoms with Crippen LogP contribution in [0.15, 0.2) is 0 Å². The van der Waals surface area contributed by atoms with Crippen molar-refractivity contribution >= 4 is 17.9 Å². The van der Waals surface area contributed by atoms with Crippen molar-refractivity contribution in [1.82, 2.24) is 0 Å². The molecule has 6 nitrogen and oxygen atoms in total. The van der Waals surface area contributed by atoms with Crippen LogP contribution in [0.5, 0.6) is 0 Å². The van der Waals surface area contributed by atoms with Crippen molar-refractivity contribution in [3.63, 3.8) is 0 Å². The smallest absolute Gasteiger partial charge is 0.306 e. The van der Waals surface area contributed by atoms with Crippen molar-refractivity contribution in [2.75, 3.05) is 13.2 Å². The molecule has 0 aromatic rings. The molecule has 0 radical (unpaired) electrons. The first-order valence-electron chi connectivity index (χ1n) is 13.1. The minimum atomic E-state index is -0.762. The van der Waals surface area contributed by atoms with Crippen LogP contribution in [0.1, 0.15) is 119 Å². The second kappa shape index (κ2) is 19.8. The van der Waals surface area contributed by atoms with Gasteiger partial charge in [-0.15, -0.1) is 0 Å². The van der Waals surface area contributed by atoms with Crippen molar-refractivity contribution in [3.8, 4) is 0 Å². The predicted molar refractivity (Wildman–Crippen MR) is 132 cm³/mol. The molecular formula is C27H50O6. The number of carbonyl (C=O) groups is 3. The highest BCUT2D eigenvalue weighted by molar-refractivity contribution is 5.71. The molecule has 33 heavy (non-hydrogen) atoms. The highest BCUT2D eigenvalue weighted by Crippen LogP contribution is 2.12. The van der Waals surface area contributed by atoms with Crippen molar-refractivity contribution < 1.29 is 28.6 Å². The highest BCUT2D eigenvalue weighted by atomic mass is 16.6. The molecule has 0 atom stereocenters. The topological polar surface area (TPSA) is 78.9 Å². The fourth-order valence-electron chi connectivity index (χ4n) is 3.34. The van der Waals surface area contributed by atoms with Crippen LogP contribution in [0, 0.1) is 17.8 Å². The lowest BCUT2D eigenvalue weighted by molar-refractivity contribution is -0.167. The van der Waals surface area contributed by atoms with Gasteiger partial charge >= 0.3 is 17.9 Å². The Labute approximate surface area is 202 Å². The van der Waals surface area contributed by atoms with Gasteiger partial charge in [-0.1, -0.05) is 80.1 Å². The van der Waals surface area contributed by atoms with Crippen LogP contribution in [0.2, 0.25) is 0 Å². The van der Waals surface area contributed by atoms with Gasteiger partial charge in [0.2, 0.25) is 0 Å². The lowest BCUT2D eigenvalue weighted by Crippen LogP contribution is -2.30. The third-order valence-corrected chi connectivity index (χ3v) is 5.40. The number of carbonyl (C=O) groups excluding carboxylic acids is 3. The second-order valence-corrected chi connectivity index (χ2v) is 10.4. The number of hydrogen-bond donors (Lipinski definition) is 0. The van der Waals surface area contributed by atoms with E-state index in [0.29, 0.717) is 37.0 Å². The van der Waals surface area contributed by atoms with Gasteiger partial charge in [0.25, 0.3) is 0 Å². The van der Waals surface area contributed by atoms with Gasteiger partial charge in [0.05, 0.1) is 0 Å². The summed E-state index contributed by atoms with van der Waals surface area (Å²) in [6.45, 7) is 12.8. The normalized spacial score (nSPS) is 11.5. The minimum Gasteiger partial charge on any atom is -0.462 e. The zero-order valence-corrected chi connectivity index (χ0v) is 22.2. The van der Waals surface area contributed by atoms with E-state index in [0.717, 1.165) is 57.8 Å². The maximum Gasteiger partial charge on any atom is 0.306 e. The van der Waals surface area contributed by atoms with Gasteiger partial charge in [0, 0.05) is 19.3 Å². The summed E-state index contributed by atoms with van der Waals surface area (Å²) in [4.78, 5) is 36.3. The average molecular weight is 471 g/mol. The van der Waals surface area contributed by atoms with Crippen LogP contribution in [0.25, 0.3) is 0 Å². The minimum absolute atomic E-state index is 0.0820. The molecule has 0 heterocycles. The van der Waals surface area contributed by atoms with E-state index in [1.54, 1.807) is 0 Å². The fraction of sp³-hybridized carbons (Fsp3) is 0.889. The molecule has 0 fully saturated rings. The first-order valence-corrected chi connectivity index (χ1v) is 13.1. The van der Waals surface area contributed by atoms with Crippen LogP contribution in [0.4, 0.5) is 0 Å². The molecule has 0 aromatic heterocycles. The number of rotatable bonds is 20. The molecule has 0 saturated heterocycles. The number of esters is 3. The zero-order valence-electron chi connectivity index (χ0n) is 22.2. The molecule has 0 unspecified atom stereocenters. The van der Waals surface area contributed by atoms with E-state index < -0.39 is 6.10 Å². The van der Waals surface area contributed by atoms with Crippen molar-refractivity contribution in [2.45, 2.75) is 125 Å². The van der Waals surface area contributed by atoms with Gasteiger partial charge in [0.1, 0.15) is 13.2 Å². The summed E-state index contributed by atoms with van der Waals surface area (Å²) in [6, 6.07) is 0. The Kier molecular flexibility index (Phi) is 18.9. The Hall–Kier alpha value is -1.59. The molecule has 0 aliphatic heterocycles. The molecule has 6 heteroatoms. The number of hydrogen-bond acceptors (Lipinski definition) is 6. The first-order chi connectivity index (χ1) is 15.6. The molecule has 0 saturated carbocycles. The van der Waals surface area contributed by atoms with E-state index in [2.05, 4.69) is 41.5 Å². The van der Waals surface area contributed by atoms with Gasteiger partial charge in [0.15, 0.2) is 6.10 Å². The molecule has 0 N–H and O–H groups in total. The Morgan fingerprint density at radius 3 is 1.18 bits per heavy atom.